The lowest BCUT2D eigenvalue weighted by molar-refractivity contribution is 0.301. The second kappa shape index (κ2) is 3.88. The van der Waals surface area contributed by atoms with Crippen LogP contribution in [0.5, 0.6) is 0 Å². The highest BCUT2D eigenvalue weighted by Gasteiger charge is 2.00. The summed E-state index contributed by atoms with van der Waals surface area (Å²) in [6, 6.07) is 0. The zero-order valence-electron chi connectivity index (χ0n) is 6.28. The molecule has 0 aliphatic carbocycles. The van der Waals surface area contributed by atoms with Gasteiger partial charge in [-0.05, 0) is 13.0 Å². The molecule has 0 N–H and O–H groups in total. The molecule has 2 heteroatoms. The molecule has 0 aromatic carbocycles. The fourth-order valence-corrected chi connectivity index (χ4v) is 0.523. The first kappa shape index (κ1) is 8.95. The first-order valence-corrected chi connectivity index (χ1v) is 2.85. The first-order chi connectivity index (χ1) is 4.63. The summed E-state index contributed by atoms with van der Waals surface area (Å²) < 4.78 is 17.1. The quantitative estimate of drug-likeness (QED) is 0.434. The van der Waals surface area contributed by atoms with E-state index in [4.69, 9.17) is 4.74 Å². The Morgan fingerprint density at radius 3 is 2.20 bits per heavy atom. The van der Waals surface area contributed by atoms with E-state index in [1.165, 1.54) is 13.2 Å². The molecule has 0 rings (SSSR count). The lowest BCUT2D eigenvalue weighted by atomic mass is 10.2. The summed E-state index contributed by atoms with van der Waals surface area (Å²) in [5.41, 5.74) is 0.387. The molecule has 0 atom stereocenters. The number of hydrogen-bond acceptors (Lipinski definition) is 1. The summed E-state index contributed by atoms with van der Waals surface area (Å²) in [7, 11) is 1.46. The van der Waals surface area contributed by atoms with E-state index < -0.39 is 5.83 Å². The average molecular weight is 142 g/mol. The van der Waals surface area contributed by atoms with E-state index >= 15 is 0 Å². The van der Waals surface area contributed by atoms with E-state index in [-0.39, 0.29) is 0 Å². The van der Waals surface area contributed by atoms with Crippen LogP contribution in [0.15, 0.2) is 36.4 Å². The summed E-state index contributed by atoms with van der Waals surface area (Å²) in [5, 5.41) is 0. The second-order valence-corrected chi connectivity index (χ2v) is 1.80. The molecule has 10 heavy (non-hydrogen) atoms. The number of allylic oxidation sites excluding steroid dienone is 3. The van der Waals surface area contributed by atoms with Crippen LogP contribution in [-0.4, -0.2) is 7.11 Å². The highest BCUT2D eigenvalue weighted by atomic mass is 19.1. The Kier molecular flexibility index (Phi) is 3.47. The minimum Gasteiger partial charge on any atom is -0.496 e. The van der Waals surface area contributed by atoms with Gasteiger partial charge in [0.05, 0.1) is 7.11 Å². The fraction of sp³-hybridized carbons (Fsp3) is 0.250. The van der Waals surface area contributed by atoms with Crippen LogP contribution < -0.4 is 0 Å². The highest BCUT2D eigenvalue weighted by molar-refractivity contribution is 5.28. The number of rotatable bonds is 3. The monoisotopic (exact) mass is 142 g/mol. The summed E-state index contributed by atoms with van der Waals surface area (Å²) in [6.45, 7) is 8.15. The molecule has 0 saturated carbocycles. The highest BCUT2D eigenvalue weighted by Crippen LogP contribution is 2.14. The van der Waals surface area contributed by atoms with Gasteiger partial charge in [-0.25, -0.2) is 4.39 Å². The van der Waals surface area contributed by atoms with Crippen LogP contribution >= 0.6 is 0 Å². The molecule has 0 spiro atoms. The third-order valence-corrected chi connectivity index (χ3v) is 1.18. The van der Waals surface area contributed by atoms with Gasteiger partial charge < -0.3 is 4.74 Å². The zero-order valence-corrected chi connectivity index (χ0v) is 6.28. The van der Waals surface area contributed by atoms with Gasteiger partial charge in [0.2, 0.25) is 0 Å². The van der Waals surface area contributed by atoms with Crippen molar-refractivity contribution in [3.8, 4) is 0 Å². The Labute approximate surface area is 60.5 Å². The van der Waals surface area contributed by atoms with Gasteiger partial charge in [0, 0.05) is 5.57 Å². The van der Waals surface area contributed by atoms with Crippen LogP contribution in [-0.2, 0) is 4.74 Å². The molecule has 0 aromatic heterocycles. The maximum absolute atomic E-state index is 12.3. The number of hydrogen-bond donors (Lipinski definition) is 0. The van der Waals surface area contributed by atoms with Crippen molar-refractivity contribution < 1.29 is 9.13 Å². The van der Waals surface area contributed by atoms with E-state index in [1.807, 2.05) is 0 Å². The van der Waals surface area contributed by atoms with Gasteiger partial charge in [-0.1, -0.05) is 13.2 Å². The van der Waals surface area contributed by atoms with Gasteiger partial charge in [-0.15, -0.1) is 0 Å². The second-order valence-electron chi connectivity index (χ2n) is 1.80. The van der Waals surface area contributed by atoms with Gasteiger partial charge in [0.25, 0.3) is 0 Å². The molecule has 0 saturated heterocycles. The molecule has 0 unspecified atom stereocenters. The maximum atomic E-state index is 12.3. The molecule has 0 bridgehead atoms. The molecular formula is C8H11FO. The van der Waals surface area contributed by atoms with Crippen LogP contribution in [0.1, 0.15) is 6.92 Å². The van der Waals surface area contributed by atoms with Crippen molar-refractivity contribution in [2.75, 3.05) is 7.11 Å². The van der Waals surface area contributed by atoms with Crippen LogP contribution in [0.25, 0.3) is 0 Å². The predicted octanol–water partition coefficient (Wildman–Crippen LogP) is 2.58. The molecule has 56 valence electrons. The summed E-state index contributed by atoms with van der Waals surface area (Å²) >= 11 is 0. The predicted molar refractivity (Wildman–Crippen MR) is 40.2 cm³/mol. The van der Waals surface area contributed by atoms with E-state index in [0.29, 0.717) is 11.3 Å². The van der Waals surface area contributed by atoms with Crippen molar-refractivity contribution >= 4 is 0 Å². The van der Waals surface area contributed by atoms with Crippen LogP contribution in [0.4, 0.5) is 4.39 Å². The normalized spacial score (nSPS) is 11.9. The minimum atomic E-state index is -0.489. The van der Waals surface area contributed by atoms with Gasteiger partial charge in [-0.2, -0.15) is 0 Å². The van der Waals surface area contributed by atoms with Gasteiger partial charge in [-0.3, -0.25) is 0 Å². The Morgan fingerprint density at radius 2 is 2.10 bits per heavy atom. The van der Waals surface area contributed by atoms with Crippen molar-refractivity contribution in [1.82, 2.24) is 0 Å². The topological polar surface area (TPSA) is 9.23 Å². The Hall–Kier alpha value is -1.05. The molecule has 0 amide bonds. The van der Waals surface area contributed by atoms with Crippen molar-refractivity contribution in [3.63, 3.8) is 0 Å². The number of ether oxygens (including phenoxy) is 1. The van der Waals surface area contributed by atoms with E-state index in [9.17, 15) is 4.39 Å². The molecule has 1 nitrogen and oxygen atoms in total. The van der Waals surface area contributed by atoms with Crippen molar-refractivity contribution in [2.24, 2.45) is 0 Å². The fourth-order valence-electron chi connectivity index (χ4n) is 0.523. The van der Waals surface area contributed by atoms with Gasteiger partial charge in [0.15, 0.2) is 0 Å². The van der Waals surface area contributed by atoms with E-state index in [0.717, 1.165) is 0 Å². The smallest absolute Gasteiger partial charge is 0.124 e. The summed E-state index contributed by atoms with van der Waals surface area (Å²) in [5.74, 6) is -0.0655. The zero-order chi connectivity index (χ0) is 8.15. The van der Waals surface area contributed by atoms with Crippen molar-refractivity contribution in [1.29, 1.82) is 0 Å². The van der Waals surface area contributed by atoms with Crippen molar-refractivity contribution in [3.05, 3.63) is 36.4 Å². The minimum absolute atomic E-state index is 0.387. The number of methoxy groups -OCH3 is 1. The molecular weight excluding hydrogens is 131 g/mol. The molecule has 0 radical (unpaired) electrons. The van der Waals surface area contributed by atoms with Crippen molar-refractivity contribution in [2.45, 2.75) is 6.92 Å². The largest absolute Gasteiger partial charge is 0.496 e. The lowest BCUT2D eigenvalue weighted by Gasteiger charge is -2.02. The molecule has 0 heterocycles. The Morgan fingerprint density at radius 1 is 1.60 bits per heavy atom. The van der Waals surface area contributed by atoms with Gasteiger partial charge >= 0.3 is 0 Å². The summed E-state index contributed by atoms with van der Waals surface area (Å²) in [4.78, 5) is 0. The average Bonchev–Trinajstić information content (AvgIpc) is 1.90. The first-order valence-electron chi connectivity index (χ1n) is 2.85. The third kappa shape index (κ3) is 2.05. The van der Waals surface area contributed by atoms with Crippen LogP contribution in [0.2, 0.25) is 0 Å². The molecule has 0 aromatic rings. The number of halogens is 1. The van der Waals surface area contributed by atoms with E-state index in [2.05, 4.69) is 13.2 Å². The van der Waals surface area contributed by atoms with Crippen LogP contribution in [0, 0.1) is 0 Å². The molecule has 0 aliphatic rings. The molecule has 0 aliphatic heterocycles. The Bertz CT molecular complexity index is 180. The summed E-state index contributed by atoms with van der Waals surface area (Å²) in [6.07, 6.45) is 1.44. The lowest BCUT2D eigenvalue weighted by Crippen LogP contribution is -1.87. The van der Waals surface area contributed by atoms with E-state index in [1.54, 1.807) is 6.92 Å². The van der Waals surface area contributed by atoms with Crippen LogP contribution in [0.3, 0.4) is 0 Å². The third-order valence-electron chi connectivity index (χ3n) is 1.18. The Balaban J connectivity index is 4.59. The standard InChI is InChI=1S/C8H11FO/c1-5-8(10-4)6(2)7(3)9/h5H,1,3H2,2,4H3/b8-6+. The maximum Gasteiger partial charge on any atom is 0.124 e. The molecule has 0 fully saturated rings. The SMILES string of the molecule is C=C/C(OC)=C(/C)C(=C)F. The van der Waals surface area contributed by atoms with Gasteiger partial charge in [0.1, 0.15) is 11.6 Å².